The van der Waals surface area contributed by atoms with E-state index in [9.17, 15) is 4.79 Å². The van der Waals surface area contributed by atoms with Crippen molar-refractivity contribution in [3.05, 3.63) is 34.9 Å². The lowest BCUT2D eigenvalue weighted by atomic mass is 9.79. The molecule has 0 aliphatic heterocycles. The number of ether oxygens (including phenoxy) is 1. The Morgan fingerprint density at radius 1 is 1.30 bits per heavy atom. The van der Waals surface area contributed by atoms with Crippen LogP contribution < -0.4 is 0 Å². The molecule has 0 aromatic rings. The first-order valence-electron chi connectivity index (χ1n) is 7.69. The lowest BCUT2D eigenvalue weighted by molar-refractivity contribution is -0.139. The maximum absolute atomic E-state index is 11.3. The summed E-state index contributed by atoms with van der Waals surface area (Å²) in [5.74, 6) is 0.685. The topological polar surface area (TPSA) is 26.3 Å². The van der Waals surface area contributed by atoms with Crippen LogP contribution >= 0.6 is 0 Å². The Balaban J connectivity index is 2.71. The molecule has 0 bridgehead atoms. The largest absolute Gasteiger partial charge is 0.469 e. The third-order valence-electron chi connectivity index (χ3n) is 4.26. The molecule has 2 nitrogen and oxygen atoms in total. The third-order valence-corrected chi connectivity index (χ3v) is 4.26. The van der Waals surface area contributed by atoms with E-state index in [4.69, 9.17) is 4.74 Å². The van der Waals surface area contributed by atoms with Gasteiger partial charge in [0.05, 0.1) is 13.5 Å². The van der Waals surface area contributed by atoms with Gasteiger partial charge in [-0.2, -0.15) is 0 Å². The van der Waals surface area contributed by atoms with Crippen molar-refractivity contribution in [2.75, 3.05) is 7.11 Å². The van der Waals surface area contributed by atoms with Crippen molar-refractivity contribution >= 4 is 5.97 Å². The summed E-state index contributed by atoms with van der Waals surface area (Å²) in [6.07, 6.45) is 13.0. The highest BCUT2D eigenvalue weighted by molar-refractivity contribution is 5.73. The molecule has 0 saturated heterocycles. The van der Waals surface area contributed by atoms with Gasteiger partial charge in [-0.15, -0.1) is 0 Å². The van der Waals surface area contributed by atoms with Crippen LogP contribution in [-0.4, -0.2) is 13.1 Å². The highest BCUT2D eigenvalue weighted by Crippen LogP contribution is 2.33. The summed E-state index contributed by atoms with van der Waals surface area (Å²) >= 11 is 0. The predicted molar refractivity (Wildman–Crippen MR) is 84.5 cm³/mol. The Bertz CT molecular complexity index is 409. The molecule has 0 unspecified atom stereocenters. The molecule has 0 radical (unpaired) electrons. The van der Waals surface area contributed by atoms with Crippen molar-refractivity contribution < 1.29 is 9.53 Å². The molecule has 1 rings (SSSR count). The highest BCUT2D eigenvalue weighted by atomic mass is 16.5. The number of carbonyl (C=O) groups is 1. The van der Waals surface area contributed by atoms with Gasteiger partial charge < -0.3 is 4.74 Å². The van der Waals surface area contributed by atoms with Gasteiger partial charge in [0.15, 0.2) is 0 Å². The average molecular weight is 276 g/mol. The number of carbonyl (C=O) groups excluding carboxylic acids is 1. The first-order valence-corrected chi connectivity index (χ1v) is 7.69. The van der Waals surface area contributed by atoms with Gasteiger partial charge in [0.1, 0.15) is 0 Å². The van der Waals surface area contributed by atoms with Crippen LogP contribution in [0.25, 0.3) is 0 Å². The van der Waals surface area contributed by atoms with E-state index < -0.39 is 0 Å². The molecule has 0 amide bonds. The molecular formula is C18H28O2. The fourth-order valence-corrected chi connectivity index (χ4v) is 2.32. The second kappa shape index (κ2) is 8.78. The molecule has 0 N–H and O–H groups in total. The molecule has 0 atom stereocenters. The minimum atomic E-state index is -0.181. The summed E-state index contributed by atoms with van der Waals surface area (Å²) in [6, 6.07) is 0. The zero-order valence-corrected chi connectivity index (χ0v) is 13.4. The van der Waals surface area contributed by atoms with Crippen LogP contribution in [0, 0.1) is 5.92 Å². The van der Waals surface area contributed by atoms with E-state index in [1.165, 1.54) is 43.9 Å². The quantitative estimate of drug-likeness (QED) is 0.485. The van der Waals surface area contributed by atoms with Crippen LogP contribution in [-0.2, 0) is 9.53 Å². The van der Waals surface area contributed by atoms with Crippen molar-refractivity contribution in [3.63, 3.8) is 0 Å². The fraction of sp³-hybridized carbons (Fsp3) is 0.611. The van der Waals surface area contributed by atoms with Crippen molar-refractivity contribution in [3.8, 4) is 0 Å². The maximum Gasteiger partial charge on any atom is 0.309 e. The second-order valence-electron chi connectivity index (χ2n) is 5.61. The Kier molecular flexibility index (Phi) is 7.35. The average Bonchev–Trinajstić information content (AvgIpc) is 2.42. The molecule has 0 aromatic carbocycles. The summed E-state index contributed by atoms with van der Waals surface area (Å²) < 4.78 is 4.72. The first kappa shape index (κ1) is 16.7. The van der Waals surface area contributed by atoms with E-state index >= 15 is 0 Å². The standard InChI is InChI=1S/C18H28O2/c1-5-14(3)17(12-16-8-7-9-16)11-10-15(6-2)13-18(19)20-4/h6,10-11,16H,5,7-9,12-13H2,1-4H3/b11-10-,15-6+,17-14+. The number of rotatable bonds is 7. The number of allylic oxidation sites excluding steroid dienone is 5. The summed E-state index contributed by atoms with van der Waals surface area (Å²) in [5.41, 5.74) is 3.93. The van der Waals surface area contributed by atoms with Crippen LogP contribution in [0.15, 0.2) is 34.9 Å². The predicted octanol–water partition coefficient (Wildman–Crippen LogP) is 4.97. The van der Waals surface area contributed by atoms with Gasteiger partial charge in [0, 0.05) is 0 Å². The molecule has 0 aromatic heterocycles. The number of methoxy groups -OCH3 is 1. The van der Waals surface area contributed by atoms with Gasteiger partial charge in [-0.05, 0) is 43.8 Å². The molecular weight excluding hydrogens is 248 g/mol. The molecule has 112 valence electrons. The van der Waals surface area contributed by atoms with E-state index in [1.807, 2.05) is 13.0 Å². The van der Waals surface area contributed by atoms with Crippen molar-refractivity contribution in [1.29, 1.82) is 0 Å². The summed E-state index contributed by atoms with van der Waals surface area (Å²) in [4.78, 5) is 11.3. The molecule has 0 heterocycles. The maximum atomic E-state index is 11.3. The third kappa shape index (κ3) is 5.36. The van der Waals surface area contributed by atoms with Gasteiger partial charge in [0.2, 0.25) is 0 Å². The SMILES string of the molecule is C\C=C(/C=C\C(CC1CCC1)=C(\C)CC)CC(=O)OC. The Labute approximate surface area is 123 Å². The number of esters is 1. The van der Waals surface area contributed by atoms with Crippen molar-refractivity contribution in [1.82, 2.24) is 0 Å². The van der Waals surface area contributed by atoms with E-state index in [1.54, 1.807) is 0 Å². The normalized spacial score (nSPS) is 17.9. The first-order chi connectivity index (χ1) is 9.60. The molecule has 1 aliphatic rings. The molecule has 20 heavy (non-hydrogen) atoms. The van der Waals surface area contributed by atoms with Gasteiger partial charge in [-0.25, -0.2) is 0 Å². The van der Waals surface area contributed by atoms with Crippen molar-refractivity contribution in [2.45, 2.75) is 59.3 Å². The van der Waals surface area contributed by atoms with Crippen LogP contribution in [0.4, 0.5) is 0 Å². The Morgan fingerprint density at radius 2 is 2.00 bits per heavy atom. The van der Waals surface area contributed by atoms with E-state index in [0.29, 0.717) is 6.42 Å². The summed E-state index contributed by atoms with van der Waals surface area (Å²) in [5, 5.41) is 0. The molecule has 0 spiro atoms. The number of hydrogen-bond acceptors (Lipinski definition) is 2. The minimum absolute atomic E-state index is 0.181. The monoisotopic (exact) mass is 276 g/mol. The van der Waals surface area contributed by atoms with Crippen molar-refractivity contribution in [2.24, 2.45) is 5.92 Å². The minimum Gasteiger partial charge on any atom is -0.469 e. The summed E-state index contributed by atoms with van der Waals surface area (Å²) in [6.45, 7) is 6.38. The lowest BCUT2D eigenvalue weighted by Gasteiger charge is -2.26. The van der Waals surface area contributed by atoms with Crippen LogP contribution in [0.1, 0.15) is 59.3 Å². The van der Waals surface area contributed by atoms with Gasteiger partial charge in [-0.1, -0.05) is 50.0 Å². The molecule has 1 fully saturated rings. The Morgan fingerprint density at radius 3 is 2.45 bits per heavy atom. The van der Waals surface area contributed by atoms with Gasteiger partial charge in [0.25, 0.3) is 0 Å². The fourth-order valence-electron chi connectivity index (χ4n) is 2.32. The van der Waals surface area contributed by atoms with Crippen LogP contribution in [0.3, 0.4) is 0 Å². The highest BCUT2D eigenvalue weighted by Gasteiger charge is 2.18. The Hall–Kier alpha value is -1.31. The smallest absolute Gasteiger partial charge is 0.309 e. The van der Waals surface area contributed by atoms with Crippen LogP contribution in [0.5, 0.6) is 0 Å². The molecule has 1 saturated carbocycles. The summed E-state index contributed by atoms with van der Waals surface area (Å²) in [7, 11) is 1.43. The molecule has 1 aliphatic carbocycles. The zero-order valence-electron chi connectivity index (χ0n) is 13.4. The lowest BCUT2D eigenvalue weighted by Crippen LogP contribution is -2.11. The van der Waals surface area contributed by atoms with Gasteiger partial charge in [-0.3, -0.25) is 4.79 Å². The molecule has 2 heteroatoms. The zero-order chi connectivity index (χ0) is 15.0. The van der Waals surface area contributed by atoms with Crippen LogP contribution in [0.2, 0.25) is 0 Å². The van der Waals surface area contributed by atoms with E-state index in [2.05, 4.69) is 26.0 Å². The van der Waals surface area contributed by atoms with E-state index in [-0.39, 0.29) is 5.97 Å². The second-order valence-corrected chi connectivity index (χ2v) is 5.61. The van der Waals surface area contributed by atoms with E-state index in [0.717, 1.165) is 17.9 Å². The van der Waals surface area contributed by atoms with Gasteiger partial charge >= 0.3 is 5.97 Å². The number of hydrogen-bond donors (Lipinski definition) is 0.